The predicted molar refractivity (Wildman–Crippen MR) is 79.1 cm³/mol. The maximum absolute atomic E-state index is 10.8. The second kappa shape index (κ2) is 5.04. The smallest absolute Gasteiger partial charge is 0.258 e. The van der Waals surface area contributed by atoms with Crippen LogP contribution in [0.25, 0.3) is 0 Å². The van der Waals surface area contributed by atoms with Crippen molar-refractivity contribution < 1.29 is 4.92 Å². The number of nitro benzene ring substituents is 1. The molecular formula is C12H11N5O2S. The van der Waals surface area contributed by atoms with Crippen LogP contribution in [0.1, 0.15) is 18.9 Å². The van der Waals surface area contributed by atoms with Crippen molar-refractivity contribution in [1.82, 2.24) is 5.01 Å². The first-order chi connectivity index (χ1) is 9.69. The summed E-state index contributed by atoms with van der Waals surface area (Å²) in [7, 11) is 0. The number of non-ortho nitro benzene ring substituents is 1. The van der Waals surface area contributed by atoms with E-state index in [4.69, 9.17) is 0 Å². The van der Waals surface area contributed by atoms with Crippen molar-refractivity contribution in [3.63, 3.8) is 0 Å². The Morgan fingerprint density at radius 1 is 1.50 bits per heavy atom. The number of rotatable bonds is 3. The van der Waals surface area contributed by atoms with E-state index in [1.165, 1.54) is 24.1 Å². The van der Waals surface area contributed by atoms with Crippen molar-refractivity contribution >= 4 is 34.4 Å². The van der Waals surface area contributed by atoms with Crippen LogP contribution in [-0.2, 0) is 0 Å². The fourth-order valence-electron chi connectivity index (χ4n) is 1.93. The molecule has 0 saturated heterocycles. The first-order valence-corrected chi connectivity index (χ1v) is 6.87. The minimum atomic E-state index is -0.410. The minimum absolute atomic E-state index is 0.0557. The Labute approximate surface area is 119 Å². The van der Waals surface area contributed by atoms with E-state index >= 15 is 0 Å². The lowest BCUT2D eigenvalue weighted by Crippen LogP contribution is -2.31. The van der Waals surface area contributed by atoms with Crippen LogP contribution in [0.2, 0.25) is 0 Å². The van der Waals surface area contributed by atoms with Crippen LogP contribution in [0.3, 0.4) is 0 Å². The van der Waals surface area contributed by atoms with Gasteiger partial charge in [0.25, 0.3) is 5.69 Å². The van der Waals surface area contributed by atoms with Gasteiger partial charge in [0.15, 0.2) is 0 Å². The van der Waals surface area contributed by atoms with E-state index in [1.807, 2.05) is 6.92 Å². The number of nitrogens with zero attached hydrogens (tertiary/aromatic N) is 5. The molecule has 0 amide bonds. The van der Waals surface area contributed by atoms with Gasteiger partial charge in [0.2, 0.25) is 5.17 Å². The molecule has 0 radical (unpaired) electrons. The first-order valence-electron chi connectivity index (χ1n) is 6.10. The van der Waals surface area contributed by atoms with Gasteiger partial charge in [-0.3, -0.25) is 15.1 Å². The maximum atomic E-state index is 10.8. The van der Waals surface area contributed by atoms with Crippen molar-refractivity contribution in [2.24, 2.45) is 14.5 Å². The molecule has 0 aromatic heterocycles. The van der Waals surface area contributed by atoms with Gasteiger partial charge in [0, 0.05) is 24.1 Å². The molecule has 2 aliphatic rings. The molecule has 0 N–H and O–H groups in total. The predicted octanol–water partition coefficient (Wildman–Crippen LogP) is 2.44. The SMILES string of the molecule is CCC1=NSC2=NCC(c3cccc([N+](=O)[O-])c3)=NN12. The van der Waals surface area contributed by atoms with E-state index in [0.717, 1.165) is 17.4 Å². The quantitative estimate of drug-likeness (QED) is 0.486. The van der Waals surface area contributed by atoms with Crippen LogP contribution in [-0.4, -0.2) is 33.2 Å². The van der Waals surface area contributed by atoms with Crippen LogP contribution in [0.4, 0.5) is 5.69 Å². The van der Waals surface area contributed by atoms with Crippen molar-refractivity contribution in [1.29, 1.82) is 0 Å². The van der Waals surface area contributed by atoms with Gasteiger partial charge in [-0.2, -0.15) is 14.5 Å². The van der Waals surface area contributed by atoms with Crippen molar-refractivity contribution in [3.05, 3.63) is 39.9 Å². The zero-order chi connectivity index (χ0) is 14.1. The molecule has 0 fully saturated rings. The van der Waals surface area contributed by atoms with Gasteiger partial charge in [-0.25, -0.2) is 0 Å². The third-order valence-corrected chi connectivity index (χ3v) is 3.72. The molecule has 0 unspecified atom stereocenters. The number of benzene rings is 1. The molecule has 0 saturated carbocycles. The summed E-state index contributed by atoms with van der Waals surface area (Å²) in [5.74, 6) is 0.844. The van der Waals surface area contributed by atoms with Crippen LogP contribution in [0, 0.1) is 10.1 Å². The molecule has 0 spiro atoms. The average Bonchev–Trinajstić information content (AvgIpc) is 2.89. The number of amidine groups is 2. The number of hydrazone groups is 1. The number of aliphatic imine (C=N–C) groups is 1. The topological polar surface area (TPSA) is 83.5 Å². The van der Waals surface area contributed by atoms with Gasteiger partial charge in [-0.15, -0.1) is 0 Å². The van der Waals surface area contributed by atoms with E-state index in [0.29, 0.717) is 17.8 Å². The summed E-state index contributed by atoms with van der Waals surface area (Å²) in [6.45, 7) is 2.41. The Balaban J connectivity index is 1.94. The highest BCUT2D eigenvalue weighted by Crippen LogP contribution is 2.26. The largest absolute Gasteiger partial charge is 0.270 e. The maximum Gasteiger partial charge on any atom is 0.270 e. The van der Waals surface area contributed by atoms with Crippen LogP contribution < -0.4 is 0 Å². The van der Waals surface area contributed by atoms with E-state index in [2.05, 4.69) is 14.5 Å². The summed E-state index contributed by atoms with van der Waals surface area (Å²) in [5.41, 5.74) is 1.48. The zero-order valence-corrected chi connectivity index (χ0v) is 11.5. The molecule has 2 heterocycles. The zero-order valence-electron chi connectivity index (χ0n) is 10.7. The number of fused-ring (bicyclic) bond motifs is 1. The van der Waals surface area contributed by atoms with Crippen LogP contribution in [0.5, 0.6) is 0 Å². The Morgan fingerprint density at radius 2 is 2.35 bits per heavy atom. The van der Waals surface area contributed by atoms with Gasteiger partial charge >= 0.3 is 0 Å². The highest BCUT2D eigenvalue weighted by atomic mass is 32.2. The van der Waals surface area contributed by atoms with Crippen LogP contribution in [0.15, 0.2) is 38.8 Å². The summed E-state index contributed by atoms with van der Waals surface area (Å²) in [4.78, 5) is 14.8. The first kappa shape index (κ1) is 12.8. The molecule has 20 heavy (non-hydrogen) atoms. The van der Waals surface area contributed by atoms with E-state index < -0.39 is 4.92 Å². The third-order valence-electron chi connectivity index (χ3n) is 2.95. The normalized spacial score (nSPS) is 17.2. The summed E-state index contributed by atoms with van der Waals surface area (Å²) in [5, 5.41) is 17.8. The molecule has 1 aromatic carbocycles. The van der Waals surface area contributed by atoms with Gasteiger partial charge < -0.3 is 0 Å². The third kappa shape index (κ3) is 2.18. The standard InChI is InChI=1S/C12H11N5O2S/c1-2-11-15-20-12-13-7-10(14-16(11)12)8-4-3-5-9(6-8)17(18)19/h3-6H,2,7H2,1H3. The van der Waals surface area contributed by atoms with Crippen molar-refractivity contribution in [2.75, 3.05) is 6.54 Å². The lowest BCUT2D eigenvalue weighted by molar-refractivity contribution is -0.384. The highest BCUT2D eigenvalue weighted by molar-refractivity contribution is 8.13. The van der Waals surface area contributed by atoms with Gasteiger partial charge in [0.1, 0.15) is 5.84 Å². The Morgan fingerprint density at radius 3 is 3.10 bits per heavy atom. The van der Waals surface area contributed by atoms with Gasteiger partial charge in [-0.05, 0) is 0 Å². The number of hydrogen-bond donors (Lipinski definition) is 0. The number of nitro groups is 1. The molecule has 1 aromatic rings. The van der Waals surface area contributed by atoms with Crippen molar-refractivity contribution in [2.45, 2.75) is 13.3 Å². The summed E-state index contributed by atoms with van der Waals surface area (Å²) in [6.07, 6.45) is 0.762. The minimum Gasteiger partial charge on any atom is -0.258 e. The average molecular weight is 289 g/mol. The van der Waals surface area contributed by atoms with E-state index in [9.17, 15) is 10.1 Å². The molecule has 3 rings (SSSR count). The number of hydrogen-bond acceptors (Lipinski definition) is 7. The molecular weight excluding hydrogens is 278 g/mol. The molecule has 0 aliphatic carbocycles. The molecule has 8 heteroatoms. The molecule has 0 atom stereocenters. The fraction of sp³-hybridized carbons (Fsp3) is 0.250. The monoisotopic (exact) mass is 289 g/mol. The lowest BCUT2D eigenvalue weighted by Gasteiger charge is -2.19. The van der Waals surface area contributed by atoms with Gasteiger partial charge in [-0.1, -0.05) is 19.1 Å². The molecule has 2 aliphatic heterocycles. The second-order valence-electron chi connectivity index (χ2n) is 4.22. The summed E-state index contributed by atoms with van der Waals surface area (Å²) < 4.78 is 4.29. The Bertz CT molecular complexity index is 668. The van der Waals surface area contributed by atoms with Gasteiger partial charge in [0.05, 0.1) is 29.1 Å². The molecule has 102 valence electrons. The molecule has 0 bridgehead atoms. The highest BCUT2D eigenvalue weighted by Gasteiger charge is 2.27. The lowest BCUT2D eigenvalue weighted by atomic mass is 10.1. The molecule has 7 nitrogen and oxygen atoms in total. The van der Waals surface area contributed by atoms with E-state index in [-0.39, 0.29) is 5.69 Å². The fourth-order valence-corrected chi connectivity index (χ4v) is 2.67. The summed E-state index contributed by atoms with van der Waals surface area (Å²) in [6, 6.07) is 6.44. The van der Waals surface area contributed by atoms with E-state index in [1.54, 1.807) is 17.1 Å². The Kier molecular flexibility index (Phi) is 3.23. The van der Waals surface area contributed by atoms with Crippen molar-refractivity contribution in [3.8, 4) is 0 Å². The van der Waals surface area contributed by atoms with Crippen LogP contribution >= 0.6 is 11.9 Å². The Hall–Kier alpha value is -2.22. The second-order valence-corrected chi connectivity index (χ2v) is 4.95. The summed E-state index contributed by atoms with van der Waals surface area (Å²) >= 11 is 1.31.